The normalized spacial score (nSPS) is 10.5. The van der Waals surface area contributed by atoms with Crippen LogP contribution in [0.2, 0.25) is 0 Å². The molecule has 19 nitrogen and oxygen atoms in total. The number of aromatic nitrogens is 1. The van der Waals surface area contributed by atoms with E-state index in [9.17, 15) is 60.7 Å². The van der Waals surface area contributed by atoms with Gasteiger partial charge in [0.05, 0.1) is 58.7 Å². The summed E-state index contributed by atoms with van der Waals surface area (Å²) in [6.07, 6.45) is 0.788. The number of nitro benzene ring substituents is 6. The topological polar surface area (TPSA) is 272 Å². The first-order chi connectivity index (χ1) is 16.3. The van der Waals surface area contributed by atoms with Crippen LogP contribution in [-0.4, -0.2) is 34.5 Å². The van der Waals surface area contributed by atoms with Gasteiger partial charge in [-0.25, -0.2) is 4.98 Å². The van der Waals surface area contributed by atoms with Crippen LogP contribution >= 0.6 is 11.3 Å². The van der Waals surface area contributed by atoms with Crippen LogP contribution in [0.3, 0.4) is 0 Å². The second-order valence-electron chi connectivity index (χ2n) is 6.29. The summed E-state index contributed by atoms with van der Waals surface area (Å²) in [7, 11) is 0. The Morgan fingerprint density at radius 3 is 1.20 bits per heavy atom. The van der Waals surface area contributed by atoms with Gasteiger partial charge in [-0.05, 0) is 0 Å². The first kappa shape index (κ1) is 24.1. The molecule has 1 heterocycles. The van der Waals surface area contributed by atoms with Crippen LogP contribution in [0.25, 0.3) is 21.0 Å². The number of hydrogen-bond donors (Lipinski definition) is 0. The molecule has 0 bridgehead atoms. The van der Waals surface area contributed by atoms with Crippen molar-refractivity contribution >= 4 is 45.5 Å². The van der Waals surface area contributed by atoms with Gasteiger partial charge >= 0.3 is 0 Å². The van der Waals surface area contributed by atoms with Gasteiger partial charge in [0.1, 0.15) is 10.6 Å². The van der Waals surface area contributed by atoms with Crippen molar-refractivity contribution in [1.82, 2.24) is 4.98 Å². The lowest BCUT2D eigenvalue weighted by Gasteiger charge is -2.03. The fraction of sp³-hybridized carbons (Fsp3) is 0. The fourth-order valence-electron chi connectivity index (χ4n) is 2.96. The Balaban J connectivity index is 2.36. The van der Waals surface area contributed by atoms with E-state index in [1.54, 1.807) is 0 Å². The van der Waals surface area contributed by atoms with Crippen molar-refractivity contribution in [1.29, 1.82) is 0 Å². The van der Waals surface area contributed by atoms with Gasteiger partial charge in [-0.15, -0.1) is 11.3 Å². The zero-order chi connectivity index (χ0) is 26.2. The Morgan fingerprint density at radius 2 is 0.886 bits per heavy atom. The second kappa shape index (κ2) is 8.78. The Kier molecular flexibility index (Phi) is 6.05. The predicted octanol–water partition coefficient (Wildman–Crippen LogP) is 3.93. The minimum absolute atomic E-state index is 0.325. The molecule has 0 aliphatic heterocycles. The Bertz CT molecular complexity index is 1300. The van der Waals surface area contributed by atoms with E-state index in [0.29, 0.717) is 35.6 Å². The van der Waals surface area contributed by atoms with Crippen molar-refractivity contribution in [3.8, 4) is 21.0 Å². The van der Waals surface area contributed by atoms with Gasteiger partial charge in [-0.1, -0.05) is 0 Å². The minimum Gasteiger partial charge on any atom is -0.258 e. The zero-order valence-corrected chi connectivity index (χ0v) is 17.1. The van der Waals surface area contributed by atoms with Crippen LogP contribution in [0, 0.1) is 60.7 Å². The van der Waals surface area contributed by atoms with Gasteiger partial charge in [0.25, 0.3) is 34.1 Å². The van der Waals surface area contributed by atoms with Crippen molar-refractivity contribution in [2.75, 3.05) is 0 Å². The highest BCUT2D eigenvalue weighted by molar-refractivity contribution is 7.18. The third-order valence-electron chi connectivity index (χ3n) is 4.34. The van der Waals surface area contributed by atoms with E-state index >= 15 is 0 Å². The summed E-state index contributed by atoms with van der Waals surface area (Å²) in [6.45, 7) is 0. The predicted molar refractivity (Wildman–Crippen MR) is 113 cm³/mol. The lowest BCUT2D eigenvalue weighted by molar-refractivity contribution is -0.402. The lowest BCUT2D eigenvalue weighted by atomic mass is 10.1. The van der Waals surface area contributed by atoms with Crippen molar-refractivity contribution in [3.63, 3.8) is 0 Å². The first-order valence-electron chi connectivity index (χ1n) is 8.52. The molecular weight excluding hydrogens is 502 g/mol. The Morgan fingerprint density at radius 1 is 0.543 bits per heavy atom. The van der Waals surface area contributed by atoms with Crippen molar-refractivity contribution in [2.24, 2.45) is 0 Å². The highest BCUT2D eigenvalue weighted by atomic mass is 32.1. The summed E-state index contributed by atoms with van der Waals surface area (Å²) < 4.78 is 0. The summed E-state index contributed by atoms with van der Waals surface area (Å²) >= 11 is 0.325. The van der Waals surface area contributed by atoms with E-state index in [1.807, 2.05) is 0 Å². The standard InChI is InChI=1S/C15H5N7O12S/c23-17(24)6-1-8(19(27)28)13(9(2-6)20(29)30)12-5-16-15(35-12)14-10(21(31)32)3-7(18(25)26)4-11(14)22(33)34/h1-5H. The summed E-state index contributed by atoms with van der Waals surface area (Å²) in [6, 6.07) is 1.80. The first-order valence-corrected chi connectivity index (χ1v) is 9.34. The molecular formula is C15H5N7O12S. The van der Waals surface area contributed by atoms with Crippen LogP contribution in [0.15, 0.2) is 30.5 Å². The van der Waals surface area contributed by atoms with E-state index in [4.69, 9.17) is 0 Å². The van der Waals surface area contributed by atoms with Gasteiger partial charge < -0.3 is 0 Å². The highest BCUT2D eigenvalue weighted by Gasteiger charge is 2.36. The van der Waals surface area contributed by atoms with Gasteiger partial charge in [-0.3, -0.25) is 60.7 Å². The number of nitro groups is 6. The van der Waals surface area contributed by atoms with Gasteiger partial charge in [-0.2, -0.15) is 0 Å². The maximum atomic E-state index is 11.5. The van der Waals surface area contributed by atoms with Crippen LogP contribution < -0.4 is 0 Å². The van der Waals surface area contributed by atoms with E-state index in [2.05, 4.69) is 4.98 Å². The van der Waals surface area contributed by atoms with Gasteiger partial charge in [0.15, 0.2) is 5.56 Å². The molecule has 0 aliphatic carbocycles. The number of benzene rings is 2. The second-order valence-corrected chi connectivity index (χ2v) is 7.32. The highest BCUT2D eigenvalue weighted by Crippen LogP contribution is 2.48. The lowest BCUT2D eigenvalue weighted by Crippen LogP contribution is -2.00. The monoisotopic (exact) mass is 507 g/mol. The summed E-state index contributed by atoms with van der Waals surface area (Å²) in [5, 5.41) is 67.6. The molecule has 3 rings (SSSR count). The number of thiazole rings is 1. The third-order valence-corrected chi connectivity index (χ3v) is 5.37. The molecule has 2 aromatic carbocycles. The molecule has 0 saturated carbocycles. The smallest absolute Gasteiger partial charge is 0.258 e. The molecule has 0 atom stereocenters. The molecule has 0 fully saturated rings. The molecule has 3 aromatic rings. The van der Waals surface area contributed by atoms with Crippen LogP contribution in [0.5, 0.6) is 0 Å². The average molecular weight is 507 g/mol. The summed E-state index contributed by atoms with van der Waals surface area (Å²) in [5.74, 6) is 0. The van der Waals surface area contributed by atoms with Crippen LogP contribution in [-0.2, 0) is 0 Å². The van der Waals surface area contributed by atoms with E-state index in [0.717, 1.165) is 6.20 Å². The van der Waals surface area contributed by atoms with Crippen molar-refractivity contribution in [3.05, 3.63) is 91.1 Å². The molecule has 35 heavy (non-hydrogen) atoms. The number of non-ortho nitro benzene ring substituents is 2. The number of hydrogen-bond acceptors (Lipinski definition) is 14. The SMILES string of the molecule is O=[N+]([O-])c1cc([N+](=O)[O-])c(-c2cnc(-c3c([N+](=O)[O-])cc([N+](=O)[O-])cc3[N+](=O)[O-])s2)c([N+](=O)[O-])c1. The van der Waals surface area contributed by atoms with Crippen LogP contribution in [0.1, 0.15) is 0 Å². The largest absolute Gasteiger partial charge is 0.293 e. The fourth-order valence-corrected chi connectivity index (χ4v) is 4.00. The van der Waals surface area contributed by atoms with E-state index in [1.165, 1.54) is 0 Å². The molecule has 0 aliphatic rings. The molecule has 0 radical (unpaired) electrons. The van der Waals surface area contributed by atoms with Crippen molar-refractivity contribution < 1.29 is 29.5 Å². The van der Waals surface area contributed by atoms with Gasteiger partial charge in [0.2, 0.25) is 0 Å². The minimum atomic E-state index is -1.15. The van der Waals surface area contributed by atoms with Crippen molar-refractivity contribution in [2.45, 2.75) is 0 Å². The Hall–Kier alpha value is -5.53. The molecule has 0 unspecified atom stereocenters. The number of rotatable bonds is 8. The van der Waals surface area contributed by atoms with E-state index < -0.39 is 79.8 Å². The number of nitrogens with zero attached hydrogens (tertiary/aromatic N) is 7. The molecule has 0 spiro atoms. The van der Waals surface area contributed by atoms with E-state index in [-0.39, 0.29) is 4.88 Å². The van der Waals surface area contributed by atoms with Gasteiger partial charge in [0, 0.05) is 6.20 Å². The third kappa shape index (κ3) is 4.38. The molecule has 0 saturated heterocycles. The molecule has 178 valence electrons. The maximum Gasteiger partial charge on any atom is 0.293 e. The molecule has 0 amide bonds. The maximum absolute atomic E-state index is 11.5. The average Bonchev–Trinajstić information content (AvgIpc) is 3.26. The van der Waals surface area contributed by atoms with Crippen LogP contribution in [0.4, 0.5) is 34.1 Å². The quantitative estimate of drug-likeness (QED) is 0.309. The molecule has 20 heteroatoms. The summed E-state index contributed by atoms with van der Waals surface area (Å²) in [4.78, 5) is 64.7. The zero-order valence-electron chi connectivity index (χ0n) is 16.3. The molecule has 1 aromatic heterocycles. The molecule has 0 N–H and O–H groups in total. The summed E-state index contributed by atoms with van der Waals surface area (Å²) in [5.41, 5.74) is -7.73. The Labute approximate surface area is 192 Å².